The largest absolute Gasteiger partial charge is 0.377 e. The third kappa shape index (κ3) is 6.06. The highest BCUT2D eigenvalue weighted by Gasteiger charge is 2.16. The molecular weight excluding hydrogens is 250 g/mol. The first-order chi connectivity index (χ1) is 9.46. The summed E-state index contributed by atoms with van der Waals surface area (Å²) in [6.45, 7) is 10.5. The maximum absolute atomic E-state index is 5.40. The highest BCUT2D eigenvalue weighted by Crippen LogP contribution is 2.06. The van der Waals surface area contributed by atoms with E-state index in [1.165, 1.54) is 11.1 Å². The fourth-order valence-electron chi connectivity index (χ4n) is 1.69. The molecule has 2 N–H and O–H groups in total. The second-order valence-electron chi connectivity index (χ2n) is 5.50. The topological polar surface area (TPSA) is 45.7 Å². The summed E-state index contributed by atoms with van der Waals surface area (Å²) in [5.41, 5.74) is 2.27. The lowest BCUT2D eigenvalue weighted by Crippen LogP contribution is -2.45. The average Bonchev–Trinajstić information content (AvgIpc) is 2.42. The van der Waals surface area contributed by atoms with Crippen molar-refractivity contribution in [3.8, 4) is 0 Å². The molecule has 4 nitrogen and oxygen atoms in total. The Labute approximate surface area is 122 Å². The third-order valence-electron chi connectivity index (χ3n) is 3.08. The Balaban J connectivity index is 2.63. The molecule has 1 rings (SSSR count). The summed E-state index contributed by atoms with van der Waals surface area (Å²) in [6, 6.07) is 8.41. The molecule has 0 atom stereocenters. The number of benzene rings is 1. The van der Waals surface area contributed by atoms with Crippen molar-refractivity contribution in [2.45, 2.75) is 39.8 Å². The summed E-state index contributed by atoms with van der Waals surface area (Å²) in [5, 5.41) is 6.56. The van der Waals surface area contributed by atoms with Crippen LogP contribution in [-0.4, -0.2) is 31.8 Å². The molecule has 0 saturated carbocycles. The van der Waals surface area contributed by atoms with Crippen LogP contribution in [0.5, 0.6) is 0 Å². The van der Waals surface area contributed by atoms with Gasteiger partial charge in [-0.2, -0.15) is 0 Å². The van der Waals surface area contributed by atoms with Crippen LogP contribution in [0.15, 0.2) is 29.3 Å². The Kier molecular flexibility index (Phi) is 6.52. The Hall–Kier alpha value is -1.55. The first kappa shape index (κ1) is 16.5. The van der Waals surface area contributed by atoms with Crippen molar-refractivity contribution < 1.29 is 4.74 Å². The average molecular weight is 277 g/mol. The van der Waals surface area contributed by atoms with Gasteiger partial charge in [0, 0.05) is 20.2 Å². The van der Waals surface area contributed by atoms with Crippen LogP contribution in [0.2, 0.25) is 0 Å². The Morgan fingerprint density at radius 3 is 2.65 bits per heavy atom. The number of guanidine groups is 1. The minimum Gasteiger partial charge on any atom is -0.377 e. The first-order valence-corrected chi connectivity index (χ1v) is 7.09. The normalized spacial score (nSPS) is 12.3. The zero-order valence-corrected chi connectivity index (χ0v) is 13.3. The van der Waals surface area contributed by atoms with Gasteiger partial charge in [0.05, 0.1) is 12.1 Å². The van der Waals surface area contributed by atoms with Crippen LogP contribution in [0.25, 0.3) is 0 Å². The fourth-order valence-corrected chi connectivity index (χ4v) is 1.69. The van der Waals surface area contributed by atoms with Crippen LogP contribution in [0.4, 0.5) is 0 Å². The Morgan fingerprint density at radius 2 is 2.05 bits per heavy atom. The van der Waals surface area contributed by atoms with Crippen molar-refractivity contribution in [3.63, 3.8) is 0 Å². The van der Waals surface area contributed by atoms with E-state index in [2.05, 4.69) is 53.7 Å². The summed E-state index contributed by atoms with van der Waals surface area (Å²) < 4.78 is 5.40. The zero-order valence-electron chi connectivity index (χ0n) is 13.3. The lowest BCUT2D eigenvalue weighted by molar-refractivity contribution is 0.0268. The summed E-state index contributed by atoms with van der Waals surface area (Å²) in [4.78, 5) is 4.60. The lowest BCUT2D eigenvalue weighted by Gasteiger charge is -2.24. The molecule has 1 aromatic rings. The van der Waals surface area contributed by atoms with Crippen LogP contribution >= 0.6 is 0 Å². The van der Waals surface area contributed by atoms with Crippen molar-refractivity contribution in [2.24, 2.45) is 4.99 Å². The minimum absolute atomic E-state index is 0.209. The Morgan fingerprint density at radius 1 is 1.30 bits per heavy atom. The maximum atomic E-state index is 5.40. The molecule has 0 saturated heterocycles. The van der Waals surface area contributed by atoms with Gasteiger partial charge in [0.1, 0.15) is 0 Å². The molecule has 0 fully saturated rings. The van der Waals surface area contributed by atoms with Gasteiger partial charge in [-0.25, -0.2) is 4.99 Å². The number of methoxy groups -OCH3 is 1. The van der Waals surface area contributed by atoms with Crippen molar-refractivity contribution in [3.05, 3.63) is 35.4 Å². The standard InChI is InChI=1S/C16H27N3O/c1-6-17-15(19-12-16(3,4)20-5)18-11-14-9-7-8-13(2)10-14/h7-10H,6,11-12H2,1-5H3,(H2,17,18,19). The zero-order chi connectivity index (χ0) is 15.0. The number of rotatable bonds is 6. The molecule has 20 heavy (non-hydrogen) atoms. The predicted octanol–water partition coefficient (Wildman–Crippen LogP) is 2.48. The van der Waals surface area contributed by atoms with Gasteiger partial charge in [-0.05, 0) is 33.3 Å². The van der Waals surface area contributed by atoms with E-state index in [0.717, 1.165) is 12.5 Å². The molecule has 0 aliphatic heterocycles. The lowest BCUT2D eigenvalue weighted by atomic mass is 10.1. The fraction of sp³-hybridized carbons (Fsp3) is 0.562. The van der Waals surface area contributed by atoms with Crippen LogP contribution in [0.3, 0.4) is 0 Å². The van der Waals surface area contributed by atoms with Crippen LogP contribution in [0.1, 0.15) is 31.9 Å². The smallest absolute Gasteiger partial charge is 0.191 e. The monoisotopic (exact) mass is 277 g/mol. The maximum Gasteiger partial charge on any atom is 0.191 e. The van der Waals surface area contributed by atoms with Crippen LogP contribution < -0.4 is 10.6 Å². The number of aliphatic imine (C=N–C) groups is 1. The van der Waals surface area contributed by atoms with E-state index >= 15 is 0 Å². The molecular formula is C16H27N3O. The quantitative estimate of drug-likeness (QED) is 0.620. The van der Waals surface area contributed by atoms with E-state index in [9.17, 15) is 0 Å². The highest BCUT2D eigenvalue weighted by molar-refractivity contribution is 5.79. The number of aryl methyl sites for hydroxylation is 1. The van der Waals surface area contributed by atoms with Gasteiger partial charge >= 0.3 is 0 Å². The van der Waals surface area contributed by atoms with Crippen molar-refractivity contribution in [1.29, 1.82) is 0 Å². The van der Waals surface area contributed by atoms with Gasteiger partial charge in [-0.15, -0.1) is 0 Å². The molecule has 0 aliphatic carbocycles. The highest BCUT2D eigenvalue weighted by atomic mass is 16.5. The number of hydrogen-bond donors (Lipinski definition) is 2. The van der Waals surface area contributed by atoms with Gasteiger partial charge in [0.25, 0.3) is 0 Å². The molecule has 0 unspecified atom stereocenters. The SMILES string of the molecule is CCNC(=NCc1cccc(C)c1)NCC(C)(C)OC. The summed E-state index contributed by atoms with van der Waals surface area (Å²) in [6.07, 6.45) is 0. The van der Waals surface area contributed by atoms with E-state index in [4.69, 9.17) is 4.74 Å². The molecule has 0 radical (unpaired) electrons. The first-order valence-electron chi connectivity index (χ1n) is 7.09. The van der Waals surface area contributed by atoms with E-state index in [-0.39, 0.29) is 5.60 Å². The van der Waals surface area contributed by atoms with Crippen molar-refractivity contribution >= 4 is 5.96 Å². The molecule has 0 aliphatic rings. The summed E-state index contributed by atoms with van der Waals surface area (Å²) >= 11 is 0. The Bertz CT molecular complexity index is 441. The van der Waals surface area contributed by atoms with Crippen LogP contribution in [0, 0.1) is 6.92 Å². The molecule has 0 bridgehead atoms. The summed E-state index contributed by atoms with van der Waals surface area (Å²) in [5.74, 6) is 0.819. The van der Waals surface area contributed by atoms with Gasteiger partial charge < -0.3 is 15.4 Å². The molecule has 1 aromatic carbocycles. The number of ether oxygens (including phenoxy) is 1. The van der Waals surface area contributed by atoms with Crippen LogP contribution in [-0.2, 0) is 11.3 Å². The van der Waals surface area contributed by atoms with Crippen molar-refractivity contribution in [2.75, 3.05) is 20.2 Å². The molecule has 0 amide bonds. The second-order valence-corrected chi connectivity index (χ2v) is 5.50. The van der Waals surface area contributed by atoms with E-state index < -0.39 is 0 Å². The van der Waals surface area contributed by atoms with Crippen molar-refractivity contribution in [1.82, 2.24) is 10.6 Å². The van der Waals surface area contributed by atoms with Gasteiger partial charge in [-0.1, -0.05) is 29.8 Å². The van der Waals surface area contributed by atoms with E-state index in [1.54, 1.807) is 7.11 Å². The molecule has 0 aromatic heterocycles. The second kappa shape index (κ2) is 7.90. The minimum atomic E-state index is -0.209. The third-order valence-corrected chi connectivity index (χ3v) is 3.08. The van der Waals surface area contributed by atoms with Gasteiger partial charge in [0.15, 0.2) is 5.96 Å². The van der Waals surface area contributed by atoms with Gasteiger partial charge in [0.2, 0.25) is 0 Å². The van der Waals surface area contributed by atoms with E-state index in [0.29, 0.717) is 13.1 Å². The number of nitrogens with zero attached hydrogens (tertiary/aromatic N) is 1. The van der Waals surface area contributed by atoms with Gasteiger partial charge in [-0.3, -0.25) is 0 Å². The molecule has 112 valence electrons. The molecule has 0 heterocycles. The summed E-state index contributed by atoms with van der Waals surface area (Å²) in [7, 11) is 1.72. The predicted molar refractivity (Wildman–Crippen MR) is 85.1 cm³/mol. The number of hydrogen-bond acceptors (Lipinski definition) is 2. The van der Waals surface area contributed by atoms with E-state index in [1.807, 2.05) is 13.8 Å². The molecule has 4 heteroatoms. The number of nitrogens with one attached hydrogen (secondary N) is 2. The molecule has 0 spiro atoms.